The first-order chi connectivity index (χ1) is 47.9. The minimum Gasteiger partial charge on any atom is -1.00 e. The Morgan fingerprint density at radius 2 is 0.524 bits per heavy atom. The molecular formula is C87H154BrCl2N9O6. The monoisotopic (exact) mass is 1570 g/mol. The molecule has 0 aliphatic heterocycles. The molecule has 4 aromatic rings. The zero-order chi connectivity index (χ0) is 78.0. The molecule has 0 saturated heterocycles. The first-order valence-corrected chi connectivity index (χ1v) is 39.3. The molecule has 0 aliphatic carbocycles. The molecule has 4 rings (SSSR count). The summed E-state index contributed by atoms with van der Waals surface area (Å²) in [6.07, 6.45) is 12.5. The predicted octanol–water partition coefficient (Wildman–Crippen LogP) is 7.56. The van der Waals surface area contributed by atoms with E-state index >= 15 is 0 Å². The molecule has 6 N–H and O–H groups in total. The molecule has 18 heteroatoms. The van der Waals surface area contributed by atoms with E-state index in [0.29, 0.717) is 57.0 Å². The van der Waals surface area contributed by atoms with E-state index in [4.69, 9.17) is 0 Å². The maximum atomic E-state index is 11.4. The van der Waals surface area contributed by atoms with Gasteiger partial charge in [0.05, 0.1) is 62.9 Å². The Morgan fingerprint density at radius 1 is 0.295 bits per heavy atom. The highest BCUT2D eigenvalue weighted by atomic mass is 79.9. The lowest BCUT2D eigenvalue weighted by Gasteiger charge is -2.30. The number of rotatable bonds is 38. The highest BCUT2D eigenvalue weighted by Gasteiger charge is 2.19. The Kier molecular flexibility index (Phi) is 63.4. The number of halogens is 3. The van der Waals surface area contributed by atoms with Gasteiger partial charge in [-0.3, -0.25) is 28.8 Å². The number of unbranched alkanes of at least 4 members (excludes halogenated alkanes) is 1. The number of hydrogen-bond donors (Lipinski definition) is 6. The molecule has 4 aromatic carbocycles. The fourth-order valence-electron chi connectivity index (χ4n) is 9.99. The van der Waals surface area contributed by atoms with E-state index in [0.717, 1.165) is 71.6 Å². The van der Waals surface area contributed by atoms with Gasteiger partial charge in [0.2, 0.25) is 35.4 Å². The van der Waals surface area contributed by atoms with Crippen LogP contribution in [0.2, 0.25) is 0 Å². The maximum absolute atomic E-state index is 11.4. The van der Waals surface area contributed by atoms with Gasteiger partial charge in [0.15, 0.2) is 0 Å². The predicted molar refractivity (Wildman–Crippen MR) is 434 cm³/mol. The smallest absolute Gasteiger partial charge is 0.222 e. The highest BCUT2D eigenvalue weighted by molar-refractivity contribution is 5.81. The molecule has 15 nitrogen and oxygen atoms in total. The maximum Gasteiger partial charge on any atom is 0.222 e. The third kappa shape index (κ3) is 54.0. The second-order valence-electron chi connectivity index (χ2n) is 31.4. The van der Waals surface area contributed by atoms with E-state index < -0.39 is 0 Å². The van der Waals surface area contributed by atoms with E-state index in [-0.39, 0.29) is 113 Å². The molecule has 0 spiro atoms. The van der Waals surface area contributed by atoms with E-state index in [9.17, 15) is 28.8 Å². The van der Waals surface area contributed by atoms with Gasteiger partial charge < -0.3 is 87.1 Å². The number of carbonyl (C=O) groups is 6. The molecule has 9 unspecified atom stereocenters. The number of quaternary nitrogens is 3. The molecule has 9 atom stereocenters. The number of nitrogens with one attached hydrogen (secondary N) is 6. The van der Waals surface area contributed by atoms with Crippen molar-refractivity contribution in [3.8, 4) is 0 Å². The lowest BCUT2D eigenvalue weighted by Crippen LogP contribution is -3.00. The summed E-state index contributed by atoms with van der Waals surface area (Å²) in [4.78, 5) is 68.3. The fraction of sp³-hybridized carbons (Fsp3) is 0.655. The first kappa shape index (κ1) is 108. The van der Waals surface area contributed by atoms with Crippen LogP contribution >= 0.6 is 0 Å². The fourth-order valence-corrected chi connectivity index (χ4v) is 9.99. The molecular weight excluding hydrogens is 1420 g/mol. The van der Waals surface area contributed by atoms with Crippen molar-refractivity contribution in [2.24, 2.45) is 35.5 Å². The average Bonchev–Trinajstić information content (AvgIpc) is 0.851. The highest BCUT2D eigenvalue weighted by Crippen LogP contribution is 2.23. The summed E-state index contributed by atoms with van der Waals surface area (Å²) < 4.78 is 3.04. The van der Waals surface area contributed by atoms with Gasteiger partial charge in [0.1, 0.15) is 19.6 Å². The third-order valence-corrected chi connectivity index (χ3v) is 19.3. The van der Waals surface area contributed by atoms with Gasteiger partial charge in [-0.15, -0.1) is 0 Å². The van der Waals surface area contributed by atoms with Crippen LogP contribution < -0.4 is 73.7 Å². The second-order valence-corrected chi connectivity index (χ2v) is 31.4. The van der Waals surface area contributed by atoms with Gasteiger partial charge in [0.25, 0.3) is 0 Å². The van der Waals surface area contributed by atoms with Crippen LogP contribution in [0.1, 0.15) is 252 Å². The molecule has 604 valence electrons. The zero-order valence-electron chi connectivity index (χ0n) is 71.0. The van der Waals surface area contributed by atoms with Crippen molar-refractivity contribution in [1.29, 1.82) is 0 Å². The summed E-state index contributed by atoms with van der Waals surface area (Å²) in [6, 6.07) is 38.3. The molecule has 6 amide bonds. The number of benzene rings is 4. The molecule has 0 radical (unpaired) electrons. The summed E-state index contributed by atoms with van der Waals surface area (Å²) in [5.41, 5.74) is 10.1. The molecule has 0 heterocycles. The van der Waals surface area contributed by atoms with Crippen LogP contribution in [0.3, 0.4) is 0 Å². The van der Waals surface area contributed by atoms with Crippen molar-refractivity contribution in [2.45, 2.75) is 239 Å². The number of carbonyl (C=O) groups excluding carboxylic acids is 6. The Balaban J connectivity index is -0.000000380. The summed E-state index contributed by atoms with van der Waals surface area (Å²) in [5.74, 6) is 2.65. The number of aryl methyl sites for hydroxylation is 1. The van der Waals surface area contributed by atoms with Gasteiger partial charge in [-0.25, -0.2) is 0 Å². The van der Waals surface area contributed by atoms with Gasteiger partial charge >= 0.3 is 0 Å². The number of amides is 6. The van der Waals surface area contributed by atoms with Crippen LogP contribution in [0, 0.1) is 35.5 Å². The molecule has 105 heavy (non-hydrogen) atoms. The van der Waals surface area contributed by atoms with Crippen molar-refractivity contribution in [1.82, 2.24) is 31.9 Å². The van der Waals surface area contributed by atoms with E-state index in [1.54, 1.807) is 0 Å². The lowest BCUT2D eigenvalue weighted by atomic mass is 9.96. The third-order valence-electron chi connectivity index (χ3n) is 19.3. The van der Waals surface area contributed by atoms with Crippen LogP contribution in [0.5, 0.6) is 0 Å². The largest absolute Gasteiger partial charge is 1.00 e. The minimum atomic E-state index is 0. The lowest BCUT2D eigenvalue weighted by molar-refractivity contribution is -0.916. The molecule has 0 aromatic heterocycles. The molecule has 0 saturated carbocycles. The van der Waals surface area contributed by atoms with Crippen molar-refractivity contribution in [2.75, 3.05) is 102 Å². The number of nitrogens with zero attached hydrogens (tertiary/aromatic N) is 3. The van der Waals surface area contributed by atoms with E-state index in [1.165, 1.54) is 84.0 Å². The van der Waals surface area contributed by atoms with Crippen molar-refractivity contribution < 1.29 is 84.0 Å². The van der Waals surface area contributed by atoms with Crippen LogP contribution in [-0.4, -0.2) is 151 Å². The van der Waals surface area contributed by atoms with Gasteiger partial charge in [-0.05, 0) is 117 Å². The van der Waals surface area contributed by atoms with E-state index in [2.05, 4.69) is 233 Å². The van der Waals surface area contributed by atoms with Crippen LogP contribution in [-0.2, 0) is 54.8 Å². The van der Waals surface area contributed by atoms with Crippen LogP contribution in [0.15, 0.2) is 103 Å². The summed E-state index contributed by atoms with van der Waals surface area (Å²) >= 11 is 0. The van der Waals surface area contributed by atoms with Crippen molar-refractivity contribution in [3.05, 3.63) is 142 Å². The van der Waals surface area contributed by atoms with Crippen LogP contribution in [0.25, 0.3) is 0 Å². The summed E-state index contributed by atoms with van der Waals surface area (Å²) in [7, 11) is 18.1. The standard InChI is InChI=1S/C20H28N.C17H30N.C14H24N.3C12H24N2O2.BrH.2ClH/c1-5-17(2)20-13-11-19(12-14-20)16-21(3,4)15-18-9-7-6-8-10-18;1-6-15(2)17-12-10-16(11-13-17)9-7-8-14-18(3,4)5;1-6-12(2)14-9-7-13(8-10-14)11-15(3,4)5;3*1-5-9(3)11(15)13-7-8-14-12(16)10(4)6-2;;;/h6-14,17H,5,15-16H2,1-4H3;10-13,15H,6-9,14H2,1-5H3;7-10,12H,6,11H2,1-5H3;3*9-10H,5-8H2,1-4H3,(H,13,15)(H,14,16);3*1H/q3*+1;;;;;;/p-3. The summed E-state index contributed by atoms with van der Waals surface area (Å²) in [5, 5.41) is 16.8. The molecule has 0 fully saturated rings. The average molecular weight is 1570 g/mol. The van der Waals surface area contributed by atoms with Crippen molar-refractivity contribution in [3.63, 3.8) is 0 Å². The van der Waals surface area contributed by atoms with Gasteiger partial charge in [0, 0.05) is 91.5 Å². The topological polar surface area (TPSA) is 175 Å². The Labute approximate surface area is 666 Å². The summed E-state index contributed by atoms with van der Waals surface area (Å²) in [6.45, 7) is 44.4. The Bertz CT molecular complexity index is 2670. The molecule has 0 aliphatic rings. The first-order valence-electron chi connectivity index (χ1n) is 39.3. The minimum absolute atomic E-state index is 0. The SMILES string of the molecule is CCC(C)C(=O)NCCNC(=O)C(C)CC.CCC(C)C(=O)NCCNC(=O)C(C)CC.CCC(C)C(=O)NCCNC(=O)C(C)CC.CCC(C)c1ccc(CCCC[N+](C)(C)C)cc1.CCC(C)c1ccc(C[N+](C)(C)C)cc1.CCC(C)c1ccc(C[N+](C)(C)Cc2ccccc2)cc1.[Br-].[Cl-].[Cl-]. The Morgan fingerprint density at radius 3 is 0.743 bits per heavy atom. The second kappa shape index (κ2) is 61.5. The van der Waals surface area contributed by atoms with Gasteiger partial charge in [-0.2, -0.15) is 0 Å². The van der Waals surface area contributed by atoms with E-state index in [1.807, 2.05) is 83.1 Å². The molecule has 0 bridgehead atoms. The van der Waals surface area contributed by atoms with Crippen molar-refractivity contribution >= 4 is 35.4 Å². The van der Waals surface area contributed by atoms with Crippen LogP contribution in [0.4, 0.5) is 0 Å². The Hall–Kier alpha value is -5.36. The quantitative estimate of drug-likeness (QED) is 0.0200. The zero-order valence-corrected chi connectivity index (χ0v) is 74.1. The number of hydrogen-bond acceptors (Lipinski definition) is 6. The normalized spacial score (nSPS) is 13.4. The van der Waals surface area contributed by atoms with Gasteiger partial charge in [-0.1, -0.05) is 228 Å².